The van der Waals surface area contributed by atoms with Crippen molar-refractivity contribution in [3.8, 4) is 17.0 Å². The number of rotatable bonds is 7. The Labute approximate surface area is 225 Å². The third kappa shape index (κ3) is 5.28. The van der Waals surface area contributed by atoms with Crippen LogP contribution in [-0.4, -0.2) is 37.5 Å². The summed E-state index contributed by atoms with van der Waals surface area (Å²) >= 11 is 0. The second-order valence-electron chi connectivity index (χ2n) is 8.30. The molecule has 2 aromatic heterocycles. The van der Waals surface area contributed by atoms with Gasteiger partial charge in [-0.15, -0.1) is 0 Å². The smallest absolute Gasteiger partial charge is 1.00 e. The number of hydrogen-bond acceptors (Lipinski definition) is 6. The maximum absolute atomic E-state index is 12.5. The van der Waals surface area contributed by atoms with E-state index in [4.69, 9.17) is 10.5 Å². The quantitative estimate of drug-likeness (QED) is 0.324. The van der Waals surface area contributed by atoms with Crippen LogP contribution < -0.4 is 34.9 Å². The van der Waals surface area contributed by atoms with Crippen molar-refractivity contribution >= 4 is 23.0 Å². The minimum absolute atomic E-state index is 0. The molecule has 5 rings (SSSR count). The number of carbonyl (C=O) groups is 1. The van der Waals surface area contributed by atoms with E-state index in [1.165, 1.54) is 22.9 Å². The molecule has 3 N–H and O–H groups in total. The third-order valence-corrected chi connectivity index (χ3v) is 5.94. The molecule has 0 aliphatic heterocycles. The maximum Gasteiger partial charge on any atom is 1.00 e. The number of imidazole rings is 1. The molecule has 0 atom stereocenters. The van der Waals surface area contributed by atoms with E-state index in [1.54, 1.807) is 25.3 Å². The minimum Gasteiger partial charge on any atom is -1.00 e. The van der Waals surface area contributed by atoms with Gasteiger partial charge in [0.05, 0.1) is 42.5 Å². The summed E-state index contributed by atoms with van der Waals surface area (Å²) in [7, 11) is 1.58. The molecule has 0 spiro atoms. The fraction of sp³-hybridized carbons (Fsp3) is 0.111. The molecule has 0 radical (unpaired) electrons. The van der Waals surface area contributed by atoms with Crippen molar-refractivity contribution in [3.05, 3.63) is 106 Å². The van der Waals surface area contributed by atoms with Crippen molar-refractivity contribution in [1.29, 1.82) is 0 Å². The van der Waals surface area contributed by atoms with Gasteiger partial charge >= 0.3 is 24.8 Å². The molecule has 9 nitrogen and oxygen atoms in total. The first-order valence-corrected chi connectivity index (χ1v) is 11.2. The summed E-state index contributed by atoms with van der Waals surface area (Å²) in [5.74, 6) is -0.00427. The molecule has 5 aromatic rings. The molecule has 37 heavy (non-hydrogen) atoms. The Balaban J connectivity index is 0.00000200. The first kappa shape index (κ1) is 25.8. The number of benzene rings is 3. The number of para-hydroxylation sites is 2. The third-order valence-electron chi connectivity index (χ3n) is 5.94. The number of carboxylic acids is 1. The summed E-state index contributed by atoms with van der Waals surface area (Å²) < 4.78 is 8.82. The average Bonchev–Trinajstić information content (AvgIpc) is 3.20. The Morgan fingerprint density at radius 2 is 1.78 bits per heavy atom. The molecule has 0 amide bonds. The normalized spacial score (nSPS) is 10.7. The van der Waals surface area contributed by atoms with E-state index < -0.39 is 5.97 Å². The molecular weight excluding hydrogens is 465 g/mol. The zero-order chi connectivity index (χ0) is 25.2. The van der Waals surface area contributed by atoms with Crippen LogP contribution in [0.2, 0.25) is 0 Å². The SMILES string of the molecule is COc1ccc(Cn2c(N)nc3ccccc32)cc1-c1ccc(=O)n(Cc2cccc(C(=O)O)c2)n1.[H-].[Li+]. The van der Waals surface area contributed by atoms with Crippen LogP contribution in [0.15, 0.2) is 83.7 Å². The van der Waals surface area contributed by atoms with Gasteiger partial charge in [0.25, 0.3) is 5.56 Å². The van der Waals surface area contributed by atoms with Gasteiger partial charge in [-0.3, -0.25) is 4.79 Å². The molecule has 0 saturated heterocycles. The molecule has 0 bridgehead atoms. The van der Waals surface area contributed by atoms with E-state index in [1.807, 2.05) is 47.0 Å². The summed E-state index contributed by atoms with van der Waals surface area (Å²) in [5.41, 5.74) is 10.7. The van der Waals surface area contributed by atoms with E-state index >= 15 is 0 Å². The minimum atomic E-state index is -1.03. The zero-order valence-electron chi connectivity index (χ0n) is 21.5. The van der Waals surface area contributed by atoms with E-state index in [0.29, 0.717) is 35.1 Å². The molecule has 2 heterocycles. The molecule has 10 heteroatoms. The van der Waals surface area contributed by atoms with E-state index in [2.05, 4.69) is 10.1 Å². The Morgan fingerprint density at radius 1 is 1.00 bits per heavy atom. The average molecular weight is 489 g/mol. The van der Waals surface area contributed by atoms with Crippen LogP contribution in [0.3, 0.4) is 0 Å². The predicted molar refractivity (Wildman–Crippen MR) is 137 cm³/mol. The standard InChI is InChI=1S/C27H23N5O4.Li.H/c1-36-24-11-9-18(15-31-23-8-3-2-7-22(23)29-27(31)28)14-20(24)21-10-12-25(33)32(30-21)16-17-5-4-6-19(13-17)26(34)35;;/h2-14H,15-16H2,1H3,(H2,28,29)(H,34,35);;/q;+1;-1. The second-order valence-corrected chi connectivity index (χ2v) is 8.30. The molecule has 0 aliphatic rings. The molecule has 0 aliphatic carbocycles. The van der Waals surface area contributed by atoms with Crippen molar-refractivity contribution in [2.75, 3.05) is 12.8 Å². The number of nitrogens with zero attached hydrogens (tertiary/aromatic N) is 4. The number of hydrogen-bond donors (Lipinski definition) is 2. The van der Waals surface area contributed by atoms with Gasteiger partial charge in [-0.05, 0) is 53.6 Å². The number of fused-ring (bicyclic) bond motifs is 1. The topological polar surface area (TPSA) is 125 Å². The van der Waals surface area contributed by atoms with Gasteiger partial charge < -0.3 is 21.6 Å². The van der Waals surface area contributed by atoms with E-state index in [-0.39, 0.29) is 38.0 Å². The summed E-state index contributed by atoms with van der Waals surface area (Å²) in [6.45, 7) is 0.623. The fourth-order valence-electron chi connectivity index (χ4n) is 4.18. The van der Waals surface area contributed by atoms with Crippen molar-refractivity contribution in [1.82, 2.24) is 19.3 Å². The van der Waals surface area contributed by atoms with Crippen LogP contribution in [0.5, 0.6) is 5.75 Å². The predicted octanol–water partition coefficient (Wildman–Crippen LogP) is 0.762. The number of ether oxygens (including phenoxy) is 1. The number of nitrogens with two attached hydrogens (primary N) is 1. The first-order valence-electron chi connectivity index (χ1n) is 11.2. The monoisotopic (exact) mass is 489 g/mol. The summed E-state index contributed by atoms with van der Waals surface area (Å²) in [5, 5.41) is 13.8. The number of aromatic carboxylic acids is 1. The molecule has 3 aromatic carbocycles. The van der Waals surface area contributed by atoms with Crippen LogP contribution in [0.4, 0.5) is 5.95 Å². The first-order chi connectivity index (χ1) is 17.4. The van der Waals surface area contributed by atoms with Gasteiger partial charge in [-0.1, -0.05) is 30.3 Å². The number of methoxy groups -OCH3 is 1. The number of aromatic nitrogens is 4. The van der Waals surface area contributed by atoms with Crippen LogP contribution in [-0.2, 0) is 13.1 Å². The van der Waals surface area contributed by atoms with Gasteiger partial charge in [-0.25, -0.2) is 14.5 Å². The van der Waals surface area contributed by atoms with Gasteiger partial charge in [0.1, 0.15) is 5.75 Å². The van der Waals surface area contributed by atoms with Gasteiger partial charge in [0.15, 0.2) is 0 Å². The van der Waals surface area contributed by atoms with Crippen molar-refractivity contribution in [2.24, 2.45) is 0 Å². The molecule has 0 saturated carbocycles. The Kier molecular flexibility index (Phi) is 7.48. The van der Waals surface area contributed by atoms with Crippen molar-refractivity contribution in [2.45, 2.75) is 13.1 Å². The fourth-order valence-corrected chi connectivity index (χ4v) is 4.18. The Bertz CT molecular complexity index is 1670. The van der Waals surface area contributed by atoms with E-state index in [9.17, 15) is 14.7 Å². The number of anilines is 1. The van der Waals surface area contributed by atoms with Gasteiger partial charge in [-0.2, -0.15) is 5.10 Å². The van der Waals surface area contributed by atoms with Crippen molar-refractivity contribution < 1.29 is 34.9 Å². The summed E-state index contributed by atoms with van der Waals surface area (Å²) in [6.07, 6.45) is 0. The molecule has 0 fully saturated rings. The molecule has 0 unspecified atom stereocenters. The van der Waals surface area contributed by atoms with Crippen LogP contribution >= 0.6 is 0 Å². The Morgan fingerprint density at radius 3 is 2.57 bits per heavy atom. The number of nitrogen functional groups attached to an aromatic ring is 1. The zero-order valence-corrected chi connectivity index (χ0v) is 20.5. The largest absolute Gasteiger partial charge is 1.00 e. The maximum atomic E-state index is 12.5. The van der Waals surface area contributed by atoms with Gasteiger partial charge in [0.2, 0.25) is 5.95 Å². The summed E-state index contributed by atoms with van der Waals surface area (Å²) in [4.78, 5) is 28.3. The Hall–Kier alpha value is -4.32. The molecular formula is C27H24LiN5O4. The van der Waals surface area contributed by atoms with Gasteiger partial charge in [0, 0.05) is 11.6 Å². The number of carboxylic acid groups (broad SMARTS) is 1. The van der Waals surface area contributed by atoms with Crippen LogP contribution in [0.1, 0.15) is 22.9 Å². The second kappa shape index (κ2) is 10.7. The summed E-state index contributed by atoms with van der Waals surface area (Å²) in [6, 6.07) is 23.0. The van der Waals surface area contributed by atoms with E-state index in [0.717, 1.165) is 16.6 Å². The molecule has 182 valence electrons. The van der Waals surface area contributed by atoms with Crippen LogP contribution in [0, 0.1) is 0 Å². The van der Waals surface area contributed by atoms with Crippen molar-refractivity contribution in [3.63, 3.8) is 0 Å². The van der Waals surface area contributed by atoms with Crippen LogP contribution in [0.25, 0.3) is 22.3 Å².